The lowest BCUT2D eigenvalue weighted by Crippen LogP contribution is -2.42. The molecule has 1 saturated carbocycles. The lowest BCUT2D eigenvalue weighted by atomic mass is 9.82. The van der Waals surface area contributed by atoms with Crippen LogP contribution in [0.5, 0.6) is 0 Å². The van der Waals surface area contributed by atoms with Crippen molar-refractivity contribution in [2.45, 2.75) is 57.6 Å². The van der Waals surface area contributed by atoms with Crippen molar-refractivity contribution in [3.8, 4) is 0 Å². The number of aromatic nitrogens is 4. The van der Waals surface area contributed by atoms with Crippen molar-refractivity contribution >= 4 is 28.8 Å². The zero-order valence-corrected chi connectivity index (χ0v) is 18.1. The van der Waals surface area contributed by atoms with Gasteiger partial charge in [0.25, 0.3) is 0 Å². The minimum Gasteiger partial charge on any atom is -0.479 e. The Morgan fingerprint density at radius 1 is 1.21 bits per heavy atom. The van der Waals surface area contributed by atoms with Gasteiger partial charge in [0.05, 0.1) is 6.20 Å². The summed E-state index contributed by atoms with van der Waals surface area (Å²) in [5, 5.41) is 22.3. The third-order valence-corrected chi connectivity index (χ3v) is 5.86. The van der Waals surface area contributed by atoms with Gasteiger partial charge < -0.3 is 15.5 Å². The lowest BCUT2D eigenvalue weighted by Gasteiger charge is -2.33. The maximum absolute atomic E-state index is 14.3. The lowest BCUT2D eigenvalue weighted by molar-refractivity contribution is -0.162. The monoisotopic (exact) mass is 463 g/mol. The van der Waals surface area contributed by atoms with E-state index >= 15 is 0 Å². The Bertz CT molecular complexity index is 1180. The molecule has 3 aromatic rings. The molecule has 11 heteroatoms. The van der Waals surface area contributed by atoms with Crippen LogP contribution in [0, 0.1) is 23.4 Å². The van der Waals surface area contributed by atoms with Gasteiger partial charge in [-0.25, -0.2) is 32.9 Å². The molecule has 1 aliphatic carbocycles. The first kappa shape index (κ1) is 23.0. The van der Waals surface area contributed by atoms with Crippen LogP contribution in [-0.4, -0.2) is 41.3 Å². The highest BCUT2D eigenvalue weighted by Gasteiger charge is 2.41. The quantitative estimate of drug-likeness (QED) is 0.504. The van der Waals surface area contributed by atoms with Gasteiger partial charge in [0, 0.05) is 24.6 Å². The number of nitrogens with one attached hydrogen (secondary N) is 1. The molecule has 4 rings (SSSR count). The standard InChI is InChI=1S/C22H24F3N5O3/c1-11(2)7-17-26-10-16-19(28-17)30(13-3-5-22(33,6-4-13)20(31)32)21(27-16)29-18-14(24)8-12(23)9-15(18)25/h8-11,13,33H,3-7H2,1-2H3,(H,27,29)(H,31,32). The normalized spacial score (nSPS) is 21.0. The topological polar surface area (TPSA) is 113 Å². The van der Waals surface area contributed by atoms with Gasteiger partial charge in [-0.2, -0.15) is 0 Å². The van der Waals surface area contributed by atoms with Gasteiger partial charge >= 0.3 is 5.97 Å². The molecule has 0 spiro atoms. The summed E-state index contributed by atoms with van der Waals surface area (Å²) in [4.78, 5) is 24.7. The van der Waals surface area contributed by atoms with Crippen LogP contribution in [0.1, 0.15) is 51.4 Å². The SMILES string of the molecule is CC(C)Cc1ncc2nc(Nc3c(F)cc(F)cc3F)n(C3CCC(O)(C(=O)O)CC3)c2n1. The Balaban J connectivity index is 1.79. The van der Waals surface area contributed by atoms with Crippen molar-refractivity contribution in [1.82, 2.24) is 19.5 Å². The third-order valence-electron chi connectivity index (χ3n) is 5.86. The number of carboxylic acids is 1. The molecule has 0 radical (unpaired) electrons. The molecule has 0 bridgehead atoms. The predicted octanol–water partition coefficient (Wildman–Crippen LogP) is 4.12. The highest BCUT2D eigenvalue weighted by Crippen LogP contribution is 2.39. The molecule has 1 aromatic carbocycles. The first-order chi connectivity index (χ1) is 15.6. The second kappa shape index (κ2) is 8.62. The minimum absolute atomic E-state index is 0.00464. The van der Waals surface area contributed by atoms with Crippen LogP contribution < -0.4 is 5.32 Å². The molecule has 2 aromatic heterocycles. The second-order valence-corrected chi connectivity index (χ2v) is 8.84. The van der Waals surface area contributed by atoms with Crippen LogP contribution in [-0.2, 0) is 11.2 Å². The van der Waals surface area contributed by atoms with Crippen LogP contribution in [0.3, 0.4) is 0 Å². The molecular weight excluding hydrogens is 439 g/mol. The summed E-state index contributed by atoms with van der Waals surface area (Å²) >= 11 is 0. The van der Waals surface area contributed by atoms with E-state index in [1.165, 1.54) is 6.20 Å². The number of carbonyl (C=O) groups is 1. The minimum atomic E-state index is -1.83. The van der Waals surface area contributed by atoms with E-state index in [0.717, 1.165) is 0 Å². The number of rotatable bonds is 6. The number of imidazole rings is 1. The number of halogens is 3. The van der Waals surface area contributed by atoms with Crippen molar-refractivity contribution < 1.29 is 28.2 Å². The maximum atomic E-state index is 14.3. The van der Waals surface area contributed by atoms with Gasteiger partial charge in [-0.1, -0.05) is 13.8 Å². The molecule has 33 heavy (non-hydrogen) atoms. The van der Waals surface area contributed by atoms with Gasteiger partial charge in [-0.3, -0.25) is 4.57 Å². The van der Waals surface area contributed by atoms with Gasteiger partial charge in [-0.05, 0) is 31.6 Å². The third kappa shape index (κ3) is 4.50. The van der Waals surface area contributed by atoms with E-state index in [9.17, 15) is 28.2 Å². The average Bonchev–Trinajstić information content (AvgIpc) is 3.08. The largest absolute Gasteiger partial charge is 0.479 e. The molecule has 0 atom stereocenters. The van der Waals surface area contributed by atoms with E-state index < -0.39 is 34.7 Å². The fraction of sp³-hybridized carbons (Fsp3) is 0.455. The van der Waals surface area contributed by atoms with Crippen LogP contribution in [0.2, 0.25) is 0 Å². The Morgan fingerprint density at radius 2 is 1.85 bits per heavy atom. The number of aliphatic carboxylic acids is 1. The Hall–Kier alpha value is -3.21. The molecule has 1 fully saturated rings. The highest BCUT2D eigenvalue weighted by molar-refractivity contribution is 5.78. The number of anilines is 2. The Morgan fingerprint density at radius 3 is 2.42 bits per heavy atom. The summed E-state index contributed by atoms with van der Waals surface area (Å²) in [6.07, 6.45) is 2.68. The fourth-order valence-corrected chi connectivity index (χ4v) is 4.15. The van der Waals surface area contributed by atoms with E-state index in [1.54, 1.807) is 4.57 Å². The Labute approximate surface area is 187 Å². The van der Waals surface area contributed by atoms with Crippen LogP contribution in [0.4, 0.5) is 24.8 Å². The summed E-state index contributed by atoms with van der Waals surface area (Å²) in [6.45, 7) is 4.04. The molecule has 2 heterocycles. The molecular formula is C22H24F3N5O3. The summed E-state index contributed by atoms with van der Waals surface area (Å²) < 4.78 is 43.6. The van der Waals surface area contributed by atoms with Crippen LogP contribution >= 0.6 is 0 Å². The summed E-state index contributed by atoms with van der Waals surface area (Å²) in [7, 11) is 0. The number of benzene rings is 1. The van der Waals surface area contributed by atoms with E-state index in [4.69, 9.17) is 0 Å². The molecule has 0 saturated heterocycles. The van der Waals surface area contributed by atoms with Crippen LogP contribution in [0.15, 0.2) is 18.3 Å². The average molecular weight is 463 g/mol. The van der Waals surface area contributed by atoms with Crippen molar-refractivity contribution in [2.75, 3.05) is 5.32 Å². The first-order valence-corrected chi connectivity index (χ1v) is 10.7. The summed E-state index contributed by atoms with van der Waals surface area (Å²) in [5.74, 6) is -3.65. The number of fused-ring (bicyclic) bond motifs is 1. The molecule has 3 N–H and O–H groups in total. The second-order valence-electron chi connectivity index (χ2n) is 8.84. The van der Waals surface area contributed by atoms with E-state index in [0.29, 0.717) is 41.5 Å². The number of hydrogen-bond donors (Lipinski definition) is 3. The summed E-state index contributed by atoms with van der Waals surface area (Å²) in [5.41, 5.74) is -1.59. The molecule has 1 aliphatic rings. The number of aliphatic hydroxyl groups is 1. The van der Waals surface area contributed by atoms with Crippen molar-refractivity contribution in [2.24, 2.45) is 5.92 Å². The number of hydrogen-bond acceptors (Lipinski definition) is 6. The van der Waals surface area contributed by atoms with Gasteiger partial charge in [-0.15, -0.1) is 0 Å². The van der Waals surface area contributed by atoms with E-state index in [2.05, 4.69) is 20.3 Å². The van der Waals surface area contributed by atoms with Gasteiger partial charge in [0.1, 0.15) is 22.8 Å². The molecule has 8 nitrogen and oxygen atoms in total. The molecule has 0 amide bonds. The van der Waals surface area contributed by atoms with Crippen molar-refractivity contribution in [1.29, 1.82) is 0 Å². The smallest absolute Gasteiger partial charge is 0.335 e. The maximum Gasteiger partial charge on any atom is 0.335 e. The summed E-state index contributed by atoms with van der Waals surface area (Å²) in [6, 6.07) is 0.782. The van der Waals surface area contributed by atoms with Crippen molar-refractivity contribution in [3.05, 3.63) is 41.6 Å². The molecule has 176 valence electrons. The van der Waals surface area contributed by atoms with Gasteiger partial charge in [0.15, 0.2) is 22.9 Å². The van der Waals surface area contributed by atoms with Gasteiger partial charge in [0.2, 0.25) is 5.95 Å². The van der Waals surface area contributed by atoms with E-state index in [1.807, 2.05) is 13.8 Å². The predicted molar refractivity (Wildman–Crippen MR) is 114 cm³/mol. The Kier molecular flexibility index (Phi) is 6.00. The molecule has 0 unspecified atom stereocenters. The number of carboxylic acid groups (broad SMARTS) is 1. The number of nitrogens with zero attached hydrogens (tertiary/aromatic N) is 4. The van der Waals surface area contributed by atoms with Crippen molar-refractivity contribution in [3.63, 3.8) is 0 Å². The highest BCUT2D eigenvalue weighted by atomic mass is 19.1. The molecule has 0 aliphatic heterocycles. The van der Waals surface area contributed by atoms with Crippen LogP contribution in [0.25, 0.3) is 11.2 Å². The zero-order valence-electron chi connectivity index (χ0n) is 18.1. The van der Waals surface area contributed by atoms with E-state index in [-0.39, 0.29) is 37.7 Å². The first-order valence-electron chi connectivity index (χ1n) is 10.7. The zero-order chi connectivity index (χ0) is 23.9. The fourth-order valence-electron chi connectivity index (χ4n) is 4.15.